The molecule has 2 aromatic carbocycles. The Morgan fingerprint density at radius 1 is 1.31 bits per heavy atom. The molecule has 1 heterocycles. The van der Waals surface area contributed by atoms with Crippen LogP contribution in [0.15, 0.2) is 48.1 Å². The standard InChI is InChI=1S/C21H17ClFN3O2S/c22-13-7-16-15(17(23)8-13)5-6-18(16)26(21(28)19-9-25-11-29-19)10-12-3-1-2-4-14(12)20(24)27/h1-4,7-9,11,18H,5-6,10H2,(H2,24,27)/t18-/m1/s1. The number of rotatable bonds is 5. The van der Waals surface area contributed by atoms with Crippen molar-refractivity contribution < 1.29 is 14.0 Å². The minimum Gasteiger partial charge on any atom is -0.366 e. The predicted molar refractivity (Wildman–Crippen MR) is 109 cm³/mol. The van der Waals surface area contributed by atoms with Gasteiger partial charge in [0.2, 0.25) is 5.91 Å². The summed E-state index contributed by atoms with van der Waals surface area (Å²) in [6.07, 6.45) is 2.58. The Labute approximate surface area is 175 Å². The van der Waals surface area contributed by atoms with Crippen LogP contribution in [0.25, 0.3) is 0 Å². The second-order valence-electron chi connectivity index (χ2n) is 6.83. The van der Waals surface area contributed by atoms with Crippen molar-refractivity contribution in [3.05, 3.63) is 86.1 Å². The molecule has 1 aliphatic rings. The van der Waals surface area contributed by atoms with E-state index in [1.807, 2.05) is 0 Å². The number of nitrogens with two attached hydrogens (primary N) is 1. The van der Waals surface area contributed by atoms with E-state index in [4.69, 9.17) is 17.3 Å². The van der Waals surface area contributed by atoms with E-state index in [1.54, 1.807) is 40.7 Å². The Balaban J connectivity index is 1.78. The number of hydrogen-bond donors (Lipinski definition) is 1. The highest BCUT2D eigenvalue weighted by atomic mass is 35.5. The maximum Gasteiger partial charge on any atom is 0.266 e. The molecule has 1 aromatic heterocycles. The number of halogens is 2. The minimum absolute atomic E-state index is 0.161. The normalized spacial score (nSPS) is 15.2. The highest BCUT2D eigenvalue weighted by molar-refractivity contribution is 7.11. The topological polar surface area (TPSA) is 76.3 Å². The summed E-state index contributed by atoms with van der Waals surface area (Å²) < 4.78 is 14.4. The lowest BCUT2D eigenvalue weighted by molar-refractivity contribution is 0.0661. The molecule has 5 nitrogen and oxygen atoms in total. The van der Waals surface area contributed by atoms with Gasteiger partial charge in [0.05, 0.1) is 17.7 Å². The molecule has 1 atom stereocenters. The molecule has 0 bridgehead atoms. The van der Waals surface area contributed by atoms with E-state index >= 15 is 0 Å². The van der Waals surface area contributed by atoms with E-state index in [-0.39, 0.29) is 29.3 Å². The summed E-state index contributed by atoms with van der Waals surface area (Å²) in [4.78, 5) is 31.3. The first kappa shape index (κ1) is 19.5. The third-order valence-corrected chi connectivity index (χ3v) is 6.10. The van der Waals surface area contributed by atoms with Crippen LogP contribution in [0.2, 0.25) is 5.02 Å². The van der Waals surface area contributed by atoms with Crippen molar-refractivity contribution in [2.75, 3.05) is 0 Å². The van der Waals surface area contributed by atoms with Crippen molar-refractivity contribution in [2.45, 2.75) is 25.4 Å². The zero-order valence-corrected chi connectivity index (χ0v) is 16.8. The molecule has 0 saturated carbocycles. The quantitative estimate of drug-likeness (QED) is 0.654. The van der Waals surface area contributed by atoms with Gasteiger partial charge in [-0.25, -0.2) is 4.39 Å². The molecule has 29 heavy (non-hydrogen) atoms. The van der Waals surface area contributed by atoms with Gasteiger partial charge in [0.1, 0.15) is 10.7 Å². The summed E-state index contributed by atoms with van der Waals surface area (Å²) in [7, 11) is 0. The number of carbonyl (C=O) groups excluding carboxylic acids is 2. The van der Waals surface area contributed by atoms with Crippen LogP contribution in [0.4, 0.5) is 4.39 Å². The number of hydrogen-bond acceptors (Lipinski definition) is 4. The molecule has 0 saturated heterocycles. The highest BCUT2D eigenvalue weighted by Gasteiger charge is 2.34. The fourth-order valence-corrected chi connectivity index (χ4v) is 4.60. The smallest absolute Gasteiger partial charge is 0.266 e. The van der Waals surface area contributed by atoms with Crippen LogP contribution in [0, 0.1) is 5.82 Å². The summed E-state index contributed by atoms with van der Waals surface area (Å²) in [5, 5.41) is 0.288. The van der Waals surface area contributed by atoms with Crippen LogP contribution in [0.5, 0.6) is 0 Å². The van der Waals surface area contributed by atoms with Gasteiger partial charge in [0, 0.05) is 17.1 Å². The molecule has 0 aliphatic heterocycles. The number of thiazole rings is 1. The lowest BCUT2D eigenvalue weighted by Crippen LogP contribution is -2.34. The molecule has 2 amide bonds. The maximum atomic E-state index is 14.4. The number of carbonyl (C=O) groups is 2. The Hall–Kier alpha value is -2.77. The number of nitrogens with zero attached hydrogens (tertiary/aromatic N) is 2. The second kappa shape index (κ2) is 7.93. The van der Waals surface area contributed by atoms with Crippen LogP contribution in [-0.4, -0.2) is 21.7 Å². The van der Waals surface area contributed by atoms with Crippen molar-refractivity contribution >= 4 is 34.8 Å². The molecule has 4 rings (SSSR count). The largest absolute Gasteiger partial charge is 0.366 e. The summed E-state index contributed by atoms with van der Waals surface area (Å²) in [6.45, 7) is 0.161. The fourth-order valence-electron chi connectivity index (χ4n) is 3.81. The molecule has 0 unspecified atom stereocenters. The fraction of sp³-hybridized carbons (Fsp3) is 0.190. The van der Waals surface area contributed by atoms with Gasteiger partial charge in [0.25, 0.3) is 5.91 Å². The van der Waals surface area contributed by atoms with Crippen LogP contribution in [0.1, 0.15) is 49.2 Å². The monoisotopic (exact) mass is 429 g/mol. The Morgan fingerprint density at radius 2 is 2.10 bits per heavy atom. The van der Waals surface area contributed by atoms with E-state index in [2.05, 4.69) is 4.98 Å². The summed E-state index contributed by atoms with van der Waals surface area (Å²) in [5.74, 6) is -1.16. The predicted octanol–water partition coefficient (Wildman–Crippen LogP) is 4.36. The average molecular weight is 430 g/mol. The number of benzene rings is 2. The molecule has 1 aliphatic carbocycles. The van der Waals surface area contributed by atoms with Crippen LogP contribution >= 0.6 is 22.9 Å². The van der Waals surface area contributed by atoms with Crippen LogP contribution < -0.4 is 5.73 Å². The first-order valence-corrected chi connectivity index (χ1v) is 10.3. The number of fused-ring (bicyclic) bond motifs is 1. The Bertz CT molecular complexity index is 1090. The molecular weight excluding hydrogens is 413 g/mol. The third-order valence-electron chi connectivity index (χ3n) is 5.13. The van der Waals surface area contributed by atoms with E-state index < -0.39 is 5.91 Å². The summed E-state index contributed by atoms with van der Waals surface area (Å²) in [5.41, 5.74) is 9.36. The zero-order valence-electron chi connectivity index (χ0n) is 15.3. The van der Waals surface area contributed by atoms with Crippen molar-refractivity contribution in [1.29, 1.82) is 0 Å². The first-order chi connectivity index (χ1) is 14.0. The van der Waals surface area contributed by atoms with Crippen LogP contribution in [-0.2, 0) is 13.0 Å². The molecule has 2 N–H and O–H groups in total. The molecular formula is C21H17ClFN3O2S. The SMILES string of the molecule is NC(=O)c1ccccc1CN(C(=O)c1cncs1)[C@@H]1CCc2c(F)cc(Cl)cc21. The lowest BCUT2D eigenvalue weighted by atomic mass is 10.0. The van der Waals surface area contributed by atoms with Gasteiger partial charge in [-0.05, 0) is 47.7 Å². The van der Waals surface area contributed by atoms with Gasteiger partial charge in [-0.3, -0.25) is 14.6 Å². The molecule has 0 spiro atoms. The summed E-state index contributed by atoms with van der Waals surface area (Å²) in [6, 6.07) is 9.54. The Morgan fingerprint density at radius 3 is 2.83 bits per heavy atom. The van der Waals surface area contributed by atoms with Crippen molar-refractivity contribution in [3.63, 3.8) is 0 Å². The van der Waals surface area contributed by atoms with Crippen LogP contribution in [0.3, 0.4) is 0 Å². The Kier molecular flexibility index (Phi) is 5.34. The van der Waals surface area contributed by atoms with E-state index in [1.165, 1.54) is 23.6 Å². The van der Waals surface area contributed by atoms with Gasteiger partial charge in [-0.15, -0.1) is 11.3 Å². The van der Waals surface area contributed by atoms with E-state index in [0.717, 1.165) is 0 Å². The molecule has 148 valence electrons. The zero-order chi connectivity index (χ0) is 20.5. The average Bonchev–Trinajstić information content (AvgIpc) is 3.36. The minimum atomic E-state index is -0.563. The molecule has 8 heteroatoms. The van der Waals surface area contributed by atoms with E-state index in [9.17, 15) is 14.0 Å². The maximum absolute atomic E-state index is 14.4. The molecule has 0 radical (unpaired) electrons. The van der Waals surface area contributed by atoms with Gasteiger partial charge >= 0.3 is 0 Å². The summed E-state index contributed by atoms with van der Waals surface area (Å²) >= 11 is 7.32. The van der Waals surface area contributed by atoms with Gasteiger partial charge in [-0.1, -0.05) is 29.8 Å². The van der Waals surface area contributed by atoms with Crippen molar-refractivity contribution in [3.8, 4) is 0 Å². The second-order valence-corrected chi connectivity index (χ2v) is 8.15. The molecule has 3 aromatic rings. The number of amides is 2. The molecule has 0 fully saturated rings. The highest BCUT2D eigenvalue weighted by Crippen LogP contribution is 2.40. The number of primary amides is 1. The van der Waals surface area contributed by atoms with Crippen molar-refractivity contribution in [2.24, 2.45) is 5.73 Å². The van der Waals surface area contributed by atoms with Gasteiger partial charge in [0.15, 0.2) is 0 Å². The number of aromatic nitrogens is 1. The van der Waals surface area contributed by atoms with E-state index in [0.29, 0.717) is 40.0 Å². The third kappa shape index (κ3) is 3.75. The van der Waals surface area contributed by atoms with Gasteiger partial charge in [-0.2, -0.15) is 0 Å². The van der Waals surface area contributed by atoms with Gasteiger partial charge < -0.3 is 10.6 Å². The first-order valence-electron chi connectivity index (χ1n) is 9.00. The lowest BCUT2D eigenvalue weighted by Gasteiger charge is -2.30. The van der Waals surface area contributed by atoms with Crippen molar-refractivity contribution in [1.82, 2.24) is 9.88 Å².